The molecule has 0 N–H and O–H groups in total. The molecule has 1 saturated carbocycles. The van der Waals surface area contributed by atoms with Gasteiger partial charge in [-0.15, -0.1) is 0 Å². The minimum atomic E-state index is -0.962. The van der Waals surface area contributed by atoms with E-state index in [1.807, 2.05) is 0 Å². The standard InChI is InChI=1S/C15H19NO5/c17-13-7-8-14(18)16(13)21-15(19)20-9-12-10-5-3-1-2-4-6-11(10)12/h1-2,10-12H,3-9H2/b2-1-/t10-,11?,12-/m0/s1. The summed E-state index contributed by atoms with van der Waals surface area (Å²) in [4.78, 5) is 38.9. The Morgan fingerprint density at radius 2 is 1.67 bits per heavy atom. The summed E-state index contributed by atoms with van der Waals surface area (Å²) in [6.45, 7) is 0.310. The van der Waals surface area contributed by atoms with Crippen LogP contribution >= 0.6 is 0 Å². The van der Waals surface area contributed by atoms with Crippen LogP contribution in [-0.4, -0.2) is 29.6 Å². The average Bonchev–Trinajstić information content (AvgIpc) is 2.98. The summed E-state index contributed by atoms with van der Waals surface area (Å²) < 4.78 is 5.07. The molecule has 21 heavy (non-hydrogen) atoms. The molecule has 2 aliphatic carbocycles. The number of fused-ring (bicyclic) bond motifs is 1. The van der Waals surface area contributed by atoms with Crippen molar-refractivity contribution >= 4 is 18.0 Å². The lowest BCUT2D eigenvalue weighted by molar-refractivity contribution is -0.177. The van der Waals surface area contributed by atoms with Crippen LogP contribution in [0.1, 0.15) is 38.5 Å². The molecule has 3 rings (SSSR count). The maximum Gasteiger partial charge on any atom is 0.533 e. The highest BCUT2D eigenvalue weighted by Gasteiger charge is 2.49. The molecule has 6 heteroatoms. The first-order chi connectivity index (χ1) is 10.2. The Morgan fingerprint density at radius 1 is 1.10 bits per heavy atom. The number of hydrogen-bond acceptors (Lipinski definition) is 5. The van der Waals surface area contributed by atoms with Crippen molar-refractivity contribution in [3.8, 4) is 0 Å². The molecule has 3 atom stereocenters. The van der Waals surface area contributed by atoms with Gasteiger partial charge in [0.05, 0.1) is 6.61 Å². The fraction of sp³-hybridized carbons (Fsp3) is 0.667. The Hall–Kier alpha value is -1.85. The molecule has 1 heterocycles. The SMILES string of the molecule is O=C(OC[C@@H]1C2CC/C=C\CC[C@@H]21)ON1C(=O)CCC1=O. The van der Waals surface area contributed by atoms with Gasteiger partial charge in [0.2, 0.25) is 0 Å². The van der Waals surface area contributed by atoms with Crippen LogP contribution in [0.2, 0.25) is 0 Å². The summed E-state index contributed by atoms with van der Waals surface area (Å²) >= 11 is 0. The van der Waals surface area contributed by atoms with Crippen LogP contribution < -0.4 is 0 Å². The molecular weight excluding hydrogens is 274 g/mol. The number of hydroxylamine groups is 2. The molecule has 6 nitrogen and oxygen atoms in total. The van der Waals surface area contributed by atoms with Crippen LogP contribution in [-0.2, 0) is 19.2 Å². The molecule has 1 unspecified atom stereocenters. The summed E-state index contributed by atoms with van der Waals surface area (Å²) in [5.41, 5.74) is 0. The Bertz CT molecular complexity index is 454. The number of imide groups is 1. The number of allylic oxidation sites excluding steroid dienone is 2. The molecule has 114 valence electrons. The van der Waals surface area contributed by atoms with Crippen molar-refractivity contribution in [3.63, 3.8) is 0 Å². The van der Waals surface area contributed by atoms with Crippen molar-refractivity contribution in [2.45, 2.75) is 38.5 Å². The van der Waals surface area contributed by atoms with E-state index in [4.69, 9.17) is 4.74 Å². The Morgan fingerprint density at radius 3 is 2.24 bits per heavy atom. The van der Waals surface area contributed by atoms with Gasteiger partial charge in [-0.2, -0.15) is 0 Å². The van der Waals surface area contributed by atoms with Gasteiger partial charge >= 0.3 is 6.16 Å². The van der Waals surface area contributed by atoms with Gasteiger partial charge < -0.3 is 4.74 Å². The first kappa shape index (κ1) is 14.1. The van der Waals surface area contributed by atoms with E-state index in [1.165, 1.54) is 0 Å². The second-order valence-corrected chi connectivity index (χ2v) is 5.85. The third kappa shape index (κ3) is 3.09. The van der Waals surface area contributed by atoms with E-state index in [1.54, 1.807) is 0 Å². The Kier molecular flexibility index (Phi) is 3.94. The van der Waals surface area contributed by atoms with Crippen molar-refractivity contribution < 1.29 is 24.0 Å². The third-order valence-corrected chi connectivity index (χ3v) is 4.57. The summed E-state index contributed by atoms with van der Waals surface area (Å²) in [7, 11) is 0. The van der Waals surface area contributed by atoms with Gasteiger partial charge in [-0.25, -0.2) is 4.79 Å². The molecule has 3 aliphatic rings. The topological polar surface area (TPSA) is 72.9 Å². The molecule has 0 radical (unpaired) electrons. The van der Waals surface area contributed by atoms with Gasteiger partial charge in [-0.05, 0) is 43.4 Å². The lowest BCUT2D eigenvalue weighted by Crippen LogP contribution is -2.32. The van der Waals surface area contributed by atoms with E-state index < -0.39 is 18.0 Å². The van der Waals surface area contributed by atoms with Crippen molar-refractivity contribution in [1.29, 1.82) is 0 Å². The molecule has 0 aromatic carbocycles. The molecule has 0 spiro atoms. The number of carbonyl (C=O) groups is 3. The molecule has 0 aromatic rings. The van der Waals surface area contributed by atoms with Crippen LogP contribution in [0.15, 0.2) is 12.2 Å². The van der Waals surface area contributed by atoms with E-state index in [9.17, 15) is 14.4 Å². The lowest BCUT2D eigenvalue weighted by atomic mass is 10.1. The number of rotatable bonds is 3. The number of nitrogens with zero attached hydrogens (tertiary/aromatic N) is 1. The average molecular weight is 293 g/mol. The maximum absolute atomic E-state index is 11.6. The van der Waals surface area contributed by atoms with Crippen molar-refractivity contribution in [3.05, 3.63) is 12.2 Å². The molecule has 2 fully saturated rings. The smallest absolute Gasteiger partial charge is 0.432 e. The molecule has 0 aromatic heterocycles. The minimum Gasteiger partial charge on any atom is -0.432 e. The van der Waals surface area contributed by atoms with Crippen LogP contribution in [0.25, 0.3) is 0 Å². The van der Waals surface area contributed by atoms with Crippen molar-refractivity contribution in [2.24, 2.45) is 17.8 Å². The zero-order valence-corrected chi connectivity index (χ0v) is 11.8. The van der Waals surface area contributed by atoms with Gasteiger partial charge in [0.25, 0.3) is 11.8 Å². The minimum absolute atomic E-state index is 0.0892. The number of hydrogen-bond donors (Lipinski definition) is 0. The summed E-state index contributed by atoms with van der Waals surface area (Å²) in [5.74, 6) is 0.658. The maximum atomic E-state index is 11.6. The van der Waals surface area contributed by atoms with Crippen LogP contribution in [0.3, 0.4) is 0 Å². The molecule has 1 aliphatic heterocycles. The highest BCUT2D eigenvalue weighted by molar-refractivity contribution is 6.01. The number of amides is 2. The quantitative estimate of drug-likeness (QED) is 0.453. The molecular formula is C15H19NO5. The van der Waals surface area contributed by atoms with Gasteiger partial charge in [0.1, 0.15) is 0 Å². The fourth-order valence-corrected chi connectivity index (χ4v) is 3.36. The Labute approximate surface area is 123 Å². The first-order valence-electron chi connectivity index (χ1n) is 7.52. The van der Waals surface area contributed by atoms with Gasteiger partial charge in [-0.3, -0.25) is 14.4 Å². The van der Waals surface area contributed by atoms with Crippen LogP contribution in [0, 0.1) is 17.8 Å². The predicted molar refractivity (Wildman–Crippen MR) is 71.6 cm³/mol. The zero-order chi connectivity index (χ0) is 14.8. The van der Waals surface area contributed by atoms with E-state index >= 15 is 0 Å². The fourth-order valence-electron chi connectivity index (χ4n) is 3.36. The van der Waals surface area contributed by atoms with Crippen LogP contribution in [0.4, 0.5) is 4.79 Å². The van der Waals surface area contributed by atoms with E-state index in [0.717, 1.165) is 25.7 Å². The highest BCUT2D eigenvalue weighted by Crippen LogP contribution is 2.52. The Balaban J connectivity index is 1.42. The highest BCUT2D eigenvalue weighted by atomic mass is 16.8. The molecule has 2 amide bonds. The lowest BCUT2D eigenvalue weighted by Gasteiger charge is -2.12. The van der Waals surface area contributed by atoms with Gasteiger partial charge in [0, 0.05) is 12.8 Å². The number of carbonyl (C=O) groups excluding carboxylic acids is 3. The molecule has 1 saturated heterocycles. The molecule has 0 bridgehead atoms. The second-order valence-electron chi connectivity index (χ2n) is 5.85. The predicted octanol–water partition coefficient (Wildman–Crippen LogP) is 2.20. The summed E-state index contributed by atoms with van der Waals surface area (Å²) in [6, 6.07) is 0. The largest absolute Gasteiger partial charge is 0.533 e. The summed E-state index contributed by atoms with van der Waals surface area (Å²) in [6.07, 6.45) is 8.07. The van der Waals surface area contributed by atoms with E-state index in [-0.39, 0.29) is 12.8 Å². The van der Waals surface area contributed by atoms with Crippen molar-refractivity contribution in [1.82, 2.24) is 5.06 Å². The van der Waals surface area contributed by atoms with Gasteiger partial charge in [-0.1, -0.05) is 17.2 Å². The van der Waals surface area contributed by atoms with E-state index in [2.05, 4.69) is 17.0 Å². The van der Waals surface area contributed by atoms with Crippen LogP contribution in [0.5, 0.6) is 0 Å². The zero-order valence-electron chi connectivity index (χ0n) is 11.8. The normalized spacial score (nSPS) is 33.0. The monoisotopic (exact) mass is 293 g/mol. The first-order valence-corrected chi connectivity index (χ1v) is 7.52. The van der Waals surface area contributed by atoms with E-state index in [0.29, 0.717) is 29.4 Å². The third-order valence-electron chi connectivity index (χ3n) is 4.57. The second kappa shape index (κ2) is 5.87. The van der Waals surface area contributed by atoms with Crippen molar-refractivity contribution in [2.75, 3.05) is 6.61 Å². The number of ether oxygens (including phenoxy) is 1. The van der Waals surface area contributed by atoms with Gasteiger partial charge in [0.15, 0.2) is 0 Å². The summed E-state index contributed by atoms with van der Waals surface area (Å²) in [5, 5.41) is 0.516.